The number of esters is 1. The Labute approximate surface area is 623 Å². The summed E-state index contributed by atoms with van der Waals surface area (Å²) >= 11 is 2.95. The molecule has 0 aliphatic carbocycles. The monoisotopic (exact) mass is 1450 g/mol. The molecule has 4 aromatic carbocycles. The molecule has 10 rings (SSSR count). The molecule has 6 heterocycles. The van der Waals surface area contributed by atoms with Crippen LogP contribution in [0.1, 0.15) is 219 Å². The van der Waals surface area contributed by atoms with Gasteiger partial charge in [-0.25, -0.2) is 29.5 Å². The van der Waals surface area contributed by atoms with Crippen LogP contribution in [0.25, 0.3) is 45.0 Å². The van der Waals surface area contributed by atoms with E-state index < -0.39 is 41.5 Å². The zero-order valence-electron chi connectivity index (χ0n) is 62.8. The van der Waals surface area contributed by atoms with Crippen molar-refractivity contribution in [3.8, 4) is 56.5 Å². The maximum atomic E-state index is 14.3. The average Bonchev–Trinajstić information content (AvgIpc) is 1.10. The fourth-order valence-corrected chi connectivity index (χ4v) is 15.0. The highest BCUT2D eigenvalue weighted by atomic mass is 32.1. The van der Waals surface area contributed by atoms with Crippen LogP contribution in [0.2, 0.25) is 0 Å². The SMILES string of the molecule is CCCCCCCOc1ccc(-c2cnc(-c3ccc(C[C@H](CC(=O)c4ccc(C(C)(C)C)s4)C(=O)N4CCC[C@H]4C(=O)O)cc3)nc2)cc1.CCCCCCCOc1ccc(-c2cnc(-c3ccc(C[C@H](CC(=O)c4ccc(C(C)(C)C)s4)C(=O)N4CCC[C@H]4C(=O)OC(C)(C)C)cc3)nc2)cc1. The lowest BCUT2D eigenvalue weighted by Crippen LogP contribution is -2.46. The number of ketones is 2. The molecule has 2 saturated heterocycles. The molecule has 8 aromatic rings. The highest BCUT2D eigenvalue weighted by Crippen LogP contribution is 2.36. The van der Waals surface area contributed by atoms with Gasteiger partial charge in [-0.05, 0) is 154 Å². The van der Waals surface area contributed by atoms with E-state index in [2.05, 4.69) is 75.3 Å². The van der Waals surface area contributed by atoms with Crippen LogP contribution in [0, 0.1) is 11.8 Å². The van der Waals surface area contributed by atoms with Crippen molar-refractivity contribution in [3.05, 3.63) is 177 Å². The minimum absolute atomic E-state index is 0.0181. The van der Waals surface area contributed by atoms with E-state index in [4.69, 9.17) is 14.2 Å². The number of hydrogen-bond donors (Lipinski definition) is 1. The molecular formula is C86H106N6O10S2. The van der Waals surface area contributed by atoms with Gasteiger partial charge < -0.3 is 29.1 Å². The summed E-state index contributed by atoms with van der Waals surface area (Å²) in [5, 5.41) is 9.75. The van der Waals surface area contributed by atoms with Crippen molar-refractivity contribution in [1.82, 2.24) is 29.7 Å². The minimum atomic E-state index is -1.00. The van der Waals surface area contributed by atoms with Crippen molar-refractivity contribution >= 4 is 58.0 Å². The predicted molar refractivity (Wildman–Crippen MR) is 416 cm³/mol. The molecule has 1 N–H and O–H groups in total. The van der Waals surface area contributed by atoms with Gasteiger partial charge in [0.25, 0.3) is 0 Å². The Bertz CT molecular complexity index is 4090. The van der Waals surface area contributed by atoms with Crippen LogP contribution in [0.5, 0.6) is 11.5 Å². The largest absolute Gasteiger partial charge is 0.494 e. The van der Waals surface area contributed by atoms with Gasteiger partial charge in [0.1, 0.15) is 29.2 Å². The molecule has 552 valence electrons. The first-order chi connectivity index (χ1) is 49.7. The van der Waals surface area contributed by atoms with E-state index in [9.17, 15) is 33.9 Å². The number of likely N-dealkylation sites (tertiary alicyclic amines) is 2. The Hall–Kier alpha value is -8.74. The number of carbonyl (C=O) groups is 6. The van der Waals surface area contributed by atoms with Gasteiger partial charge in [-0.3, -0.25) is 19.2 Å². The number of carboxylic acids is 1. The number of amides is 2. The third-order valence-electron chi connectivity index (χ3n) is 18.9. The minimum Gasteiger partial charge on any atom is -0.494 e. The first kappa shape index (κ1) is 79.4. The van der Waals surface area contributed by atoms with E-state index in [1.54, 1.807) is 4.90 Å². The first-order valence-corrected chi connectivity index (χ1v) is 39.0. The second-order valence-electron chi connectivity index (χ2n) is 30.7. The van der Waals surface area contributed by atoms with E-state index in [1.165, 1.54) is 78.9 Å². The summed E-state index contributed by atoms with van der Waals surface area (Å²) in [6.07, 6.45) is 22.4. The lowest BCUT2D eigenvalue weighted by Gasteiger charge is -2.30. The number of rotatable bonds is 32. The van der Waals surface area contributed by atoms with E-state index >= 15 is 0 Å². The molecule has 2 amide bonds. The molecule has 18 heteroatoms. The number of Topliss-reactive ketones (excluding diaryl/α,β-unsaturated/α-hetero) is 2. The van der Waals surface area contributed by atoms with Crippen molar-refractivity contribution < 1.29 is 48.1 Å². The molecule has 0 radical (unpaired) electrons. The summed E-state index contributed by atoms with van der Waals surface area (Å²) in [6, 6.07) is 37.8. The van der Waals surface area contributed by atoms with Crippen molar-refractivity contribution in [2.24, 2.45) is 11.8 Å². The number of aliphatic carboxylic acids is 1. The van der Waals surface area contributed by atoms with Gasteiger partial charge in [0, 0.05) is 94.6 Å². The molecule has 104 heavy (non-hydrogen) atoms. The first-order valence-electron chi connectivity index (χ1n) is 37.4. The Morgan fingerprint density at radius 2 is 0.827 bits per heavy atom. The summed E-state index contributed by atoms with van der Waals surface area (Å²) in [7, 11) is 0. The zero-order chi connectivity index (χ0) is 74.6. The number of carboxylic acid groups (broad SMARTS) is 1. The van der Waals surface area contributed by atoms with Crippen LogP contribution < -0.4 is 9.47 Å². The summed E-state index contributed by atoms with van der Waals surface area (Å²) < 4.78 is 17.5. The summed E-state index contributed by atoms with van der Waals surface area (Å²) in [6.45, 7) is 24.9. The lowest BCUT2D eigenvalue weighted by molar-refractivity contribution is -0.164. The number of nitrogens with zero attached hydrogens (tertiary/aromatic N) is 6. The molecule has 0 unspecified atom stereocenters. The number of unbranched alkanes of at least 4 members (excludes halogenated alkanes) is 8. The molecule has 4 aromatic heterocycles. The molecule has 4 atom stereocenters. The summed E-state index contributed by atoms with van der Waals surface area (Å²) in [5.74, 6) is -0.419. The molecule has 0 spiro atoms. The number of benzene rings is 4. The van der Waals surface area contributed by atoms with Gasteiger partial charge in [0.2, 0.25) is 11.8 Å². The molecule has 2 aliphatic rings. The van der Waals surface area contributed by atoms with Crippen molar-refractivity contribution in [2.45, 2.75) is 220 Å². The van der Waals surface area contributed by atoms with Gasteiger partial charge in [0.05, 0.1) is 23.0 Å². The molecule has 0 saturated carbocycles. The normalized spacial score (nSPS) is 15.2. The van der Waals surface area contributed by atoms with Crippen molar-refractivity contribution in [1.29, 1.82) is 0 Å². The van der Waals surface area contributed by atoms with Crippen LogP contribution in [-0.4, -0.2) is 114 Å². The van der Waals surface area contributed by atoms with E-state index in [0.717, 1.165) is 91.8 Å². The van der Waals surface area contributed by atoms with Crippen LogP contribution in [-0.2, 0) is 47.6 Å². The van der Waals surface area contributed by atoms with E-state index in [0.29, 0.717) is 73.0 Å². The fraction of sp³-hybridized carbons (Fsp3) is 0.465. The average molecular weight is 1450 g/mol. The Kier molecular flexibility index (Phi) is 28.5. The maximum Gasteiger partial charge on any atom is 0.329 e. The third-order valence-corrected chi connectivity index (χ3v) is 22.0. The van der Waals surface area contributed by atoms with Crippen LogP contribution in [0.4, 0.5) is 0 Å². The molecule has 0 bridgehead atoms. The predicted octanol–water partition coefficient (Wildman–Crippen LogP) is 19.3. The maximum absolute atomic E-state index is 14.3. The van der Waals surface area contributed by atoms with Crippen LogP contribution in [0.15, 0.2) is 146 Å². The van der Waals surface area contributed by atoms with Crippen LogP contribution >= 0.6 is 22.7 Å². The number of ether oxygens (including phenoxy) is 3. The summed E-state index contributed by atoms with van der Waals surface area (Å²) in [5.41, 5.74) is 6.51. The quantitative estimate of drug-likeness (QED) is 0.0236. The Morgan fingerprint density at radius 3 is 1.18 bits per heavy atom. The van der Waals surface area contributed by atoms with Gasteiger partial charge >= 0.3 is 11.9 Å². The third kappa shape index (κ3) is 22.9. The van der Waals surface area contributed by atoms with E-state index in [-0.39, 0.29) is 47.1 Å². The topological polar surface area (TPSA) is 208 Å². The second kappa shape index (κ2) is 37.3. The smallest absolute Gasteiger partial charge is 0.329 e. The van der Waals surface area contributed by atoms with Gasteiger partial charge in [-0.15, -0.1) is 22.7 Å². The van der Waals surface area contributed by atoms with Gasteiger partial charge in [-0.2, -0.15) is 0 Å². The fourth-order valence-electron chi connectivity index (χ4n) is 13.0. The molecular weight excluding hydrogens is 1340 g/mol. The number of aromatic nitrogens is 4. The molecule has 2 aliphatic heterocycles. The lowest BCUT2D eigenvalue weighted by atomic mass is 9.91. The number of thiophene rings is 2. The zero-order valence-corrected chi connectivity index (χ0v) is 64.5. The van der Waals surface area contributed by atoms with E-state index in [1.807, 2.05) is 167 Å². The Morgan fingerprint density at radius 1 is 0.462 bits per heavy atom. The van der Waals surface area contributed by atoms with Gasteiger partial charge in [0.15, 0.2) is 23.2 Å². The van der Waals surface area contributed by atoms with Crippen molar-refractivity contribution in [3.63, 3.8) is 0 Å². The van der Waals surface area contributed by atoms with Gasteiger partial charge in [-0.1, -0.05) is 180 Å². The number of carbonyl (C=O) groups excluding carboxylic acids is 5. The van der Waals surface area contributed by atoms with Crippen LogP contribution in [0.3, 0.4) is 0 Å². The highest BCUT2D eigenvalue weighted by Gasteiger charge is 2.41. The standard InChI is InChI=1S/C45H57N3O5S.C41H49N3O5S/c1-8-9-10-11-12-26-52-36-21-19-32(20-22-36)35-29-46-41(47-30-35)33-17-15-31(16-18-33)27-34(28-38(49)39-23-24-40(54-39)44(2,3)4)42(50)48-25-13-14-37(48)43(51)53-45(5,6)7;1-5-6-7-8-9-23-49-33-18-16-29(17-19-33)32-26-42-38(43-27-32)30-14-12-28(13-15-30)24-31(39(46)44-22-10-11-34(44)40(47)48)25-35(45)36-20-21-37(50-36)41(2,3)4/h15-24,29-30,34,37H,8-14,25-28H2,1-7H3;12-21,26-27,31,34H,5-11,22-25H2,1-4H3,(H,47,48)/t34-,37+;31-,34+/m11/s1. The molecule has 2 fully saturated rings. The molecule has 16 nitrogen and oxygen atoms in total. The highest BCUT2D eigenvalue weighted by molar-refractivity contribution is 7.14. The van der Waals surface area contributed by atoms with Crippen molar-refractivity contribution in [2.75, 3.05) is 26.3 Å². The number of hydrogen-bond acceptors (Lipinski definition) is 15. The Balaban J connectivity index is 0.000000242. The summed E-state index contributed by atoms with van der Waals surface area (Å²) in [4.78, 5) is 105. The second-order valence-corrected chi connectivity index (χ2v) is 32.9.